The van der Waals surface area contributed by atoms with Crippen molar-refractivity contribution in [1.29, 1.82) is 0 Å². The maximum atomic E-state index is 11.7. The van der Waals surface area contributed by atoms with Crippen LogP contribution in [0.5, 0.6) is 0 Å². The first-order valence-corrected chi connectivity index (χ1v) is 5.42. The molecule has 0 aromatic carbocycles. The topological polar surface area (TPSA) is 72.9 Å². The van der Waals surface area contributed by atoms with Crippen LogP contribution in [0.1, 0.15) is 20.8 Å². The van der Waals surface area contributed by atoms with E-state index in [1.165, 1.54) is 0 Å². The SMILES string of the molecule is CC(C)(C)[C@H](N)C(=O)NCCn1cccn1. The van der Waals surface area contributed by atoms with E-state index in [1.54, 1.807) is 10.9 Å². The lowest BCUT2D eigenvalue weighted by Crippen LogP contribution is -2.49. The molecule has 1 aromatic heterocycles. The lowest BCUT2D eigenvalue weighted by molar-refractivity contribution is -0.124. The fraction of sp³-hybridized carbons (Fsp3) is 0.636. The summed E-state index contributed by atoms with van der Waals surface area (Å²) in [4.78, 5) is 11.7. The third-order valence-electron chi connectivity index (χ3n) is 2.41. The maximum absolute atomic E-state index is 11.7. The number of rotatable bonds is 4. The first kappa shape index (κ1) is 12.7. The van der Waals surface area contributed by atoms with Gasteiger partial charge in [0.2, 0.25) is 5.91 Å². The van der Waals surface area contributed by atoms with Gasteiger partial charge in [-0.05, 0) is 11.5 Å². The predicted molar refractivity (Wildman–Crippen MR) is 62.7 cm³/mol. The molecule has 0 aliphatic rings. The first-order chi connectivity index (χ1) is 7.41. The monoisotopic (exact) mass is 224 g/mol. The lowest BCUT2D eigenvalue weighted by Gasteiger charge is -2.25. The molecule has 0 saturated carbocycles. The van der Waals surface area contributed by atoms with Gasteiger partial charge < -0.3 is 11.1 Å². The number of nitrogens with one attached hydrogen (secondary N) is 1. The summed E-state index contributed by atoms with van der Waals surface area (Å²) >= 11 is 0. The van der Waals surface area contributed by atoms with Gasteiger partial charge in [-0.3, -0.25) is 9.48 Å². The third-order valence-corrected chi connectivity index (χ3v) is 2.41. The van der Waals surface area contributed by atoms with Crippen LogP contribution in [0.2, 0.25) is 0 Å². The zero-order chi connectivity index (χ0) is 12.2. The average Bonchev–Trinajstić information content (AvgIpc) is 2.67. The average molecular weight is 224 g/mol. The minimum atomic E-state index is -0.481. The second-order valence-corrected chi connectivity index (χ2v) is 4.90. The molecule has 5 heteroatoms. The zero-order valence-corrected chi connectivity index (χ0v) is 10.1. The van der Waals surface area contributed by atoms with Gasteiger partial charge in [0.25, 0.3) is 0 Å². The summed E-state index contributed by atoms with van der Waals surface area (Å²) in [5, 5.41) is 6.84. The fourth-order valence-corrected chi connectivity index (χ4v) is 1.23. The van der Waals surface area contributed by atoms with Crippen LogP contribution in [0.15, 0.2) is 18.5 Å². The number of carbonyl (C=O) groups excluding carboxylic acids is 1. The summed E-state index contributed by atoms with van der Waals surface area (Å²) in [6.07, 6.45) is 3.57. The molecular weight excluding hydrogens is 204 g/mol. The molecular formula is C11H20N4O. The van der Waals surface area contributed by atoms with Crippen LogP contribution in [0.25, 0.3) is 0 Å². The highest BCUT2D eigenvalue weighted by atomic mass is 16.2. The molecule has 1 atom stereocenters. The van der Waals surface area contributed by atoms with Crippen molar-refractivity contribution in [2.45, 2.75) is 33.4 Å². The second-order valence-electron chi connectivity index (χ2n) is 4.90. The molecule has 5 nitrogen and oxygen atoms in total. The Kier molecular flexibility index (Phi) is 4.06. The Morgan fingerprint density at radius 1 is 1.56 bits per heavy atom. The van der Waals surface area contributed by atoms with Gasteiger partial charge in [-0.15, -0.1) is 0 Å². The molecule has 0 spiro atoms. The highest BCUT2D eigenvalue weighted by molar-refractivity contribution is 5.82. The minimum absolute atomic E-state index is 0.111. The quantitative estimate of drug-likeness (QED) is 0.776. The van der Waals surface area contributed by atoms with E-state index in [9.17, 15) is 4.79 Å². The van der Waals surface area contributed by atoms with E-state index in [2.05, 4.69) is 10.4 Å². The van der Waals surface area contributed by atoms with E-state index in [-0.39, 0.29) is 11.3 Å². The van der Waals surface area contributed by atoms with Gasteiger partial charge in [-0.25, -0.2) is 0 Å². The van der Waals surface area contributed by atoms with Crippen LogP contribution in [-0.2, 0) is 11.3 Å². The van der Waals surface area contributed by atoms with Gasteiger partial charge in [-0.1, -0.05) is 20.8 Å². The maximum Gasteiger partial charge on any atom is 0.237 e. The standard InChI is InChI=1S/C11H20N4O/c1-11(2,3)9(12)10(16)13-6-8-15-7-4-5-14-15/h4-5,7,9H,6,8,12H2,1-3H3,(H,13,16)/t9-/m1/s1. The van der Waals surface area contributed by atoms with E-state index >= 15 is 0 Å². The minimum Gasteiger partial charge on any atom is -0.353 e. The van der Waals surface area contributed by atoms with E-state index in [0.29, 0.717) is 13.1 Å². The summed E-state index contributed by atoms with van der Waals surface area (Å²) in [7, 11) is 0. The lowest BCUT2D eigenvalue weighted by atomic mass is 9.87. The zero-order valence-electron chi connectivity index (χ0n) is 10.1. The van der Waals surface area contributed by atoms with Crippen molar-refractivity contribution < 1.29 is 4.79 Å². The van der Waals surface area contributed by atoms with Crippen molar-refractivity contribution in [2.75, 3.05) is 6.54 Å². The van der Waals surface area contributed by atoms with Crippen molar-refractivity contribution in [3.8, 4) is 0 Å². The molecule has 0 unspecified atom stereocenters. The normalized spacial score (nSPS) is 13.5. The third kappa shape index (κ3) is 3.66. The molecule has 0 aliphatic heterocycles. The Labute approximate surface area is 96.0 Å². The summed E-state index contributed by atoms with van der Waals surface area (Å²) in [6.45, 7) is 7.06. The van der Waals surface area contributed by atoms with Crippen molar-refractivity contribution >= 4 is 5.91 Å². The number of hydrogen-bond acceptors (Lipinski definition) is 3. The molecule has 90 valence electrons. The van der Waals surface area contributed by atoms with Gasteiger partial charge >= 0.3 is 0 Å². The van der Waals surface area contributed by atoms with Gasteiger partial charge in [0.1, 0.15) is 0 Å². The largest absolute Gasteiger partial charge is 0.353 e. The van der Waals surface area contributed by atoms with Gasteiger partial charge in [0, 0.05) is 18.9 Å². The highest BCUT2D eigenvalue weighted by Crippen LogP contribution is 2.16. The van der Waals surface area contributed by atoms with E-state index in [0.717, 1.165) is 0 Å². The Morgan fingerprint density at radius 2 is 2.25 bits per heavy atom. The smallest absolute Gasteiger partial charge is 0.237 e. The second kappa shape index (κ2) is 5.12. The summed E-state index contributed by atoms with van der Waals surface area (Å²) in [5.41, 5.74) is 5.61. The molecule has 0 bridgehead atoms. The molecule has 0 aliphatic carbocycles. The number of carbonyl (C=O) groups is 1. The van der Waals surface area contributed by atoms with Crippen molar-refractivity contribution in [2.24, 2.45) is 11.1 Å². The molecule has 0 radical (unpaired) electrons. The number of amides is 1. The molecule has 1 aromatic rings. The Bertz CT molecular complexity index is 326. The van der Waals surface area contributed by atoms with Crippen LogP contribution < -0.4 is 11.1 Å². The molecule has 0 fully saturated rings. The van der Waals surface area contributed by atoms with Crippen LogP contribution in [-0.4, -0.2) is 28.3 Å². The van der Waals surface area contributed by atoms with Gasteiger partial charge in [-0.2, -0.15) is 5.10 Å². The van der Waals surface area contributed by atoms with Gasteiger partial charge in [0.05, 0.1) is 12.6 Å². The van der Waals surface area contributed by atoms with E-state index in [1.807, 2.05) is 33.0 Å². The Balaban J connectivity index is 2.30. The highest BCUT2D eigenvalue weighted by Gasteiger charge is 2.26. The summed E-state index contributed by atoms with van der Waals surface area (Å²) in [6, 6.07) is 1.37. The Hall–Kier alpha value is -1.36. The molecule has 1 rings (SSSR count). The Morgan fingerprint density at radius 3 is 2.75 bits per heavy atom. The van der Waals surface area contributed by atoms with Crippen molar-refractivity contribution in [1.82, 2.24) is 15.1 Å². The molecule has 1 heterocycles. The van der Waals surface area contributed by atoms with E-state index in [4.69, 9.17) is 5.73 Å². The number of nitrogens with two attached hydrogens (primary N) is 1. The van der Waals surface area contributed by atoms with Crippen molar-refractivity contribution in [3.05, 3.63) is 18.5 Å². The number of nitrogens with zero attached hydrogens (tertiary/aromatic N) is 2. The van der Waals surface area contributed by atoms with Crippen LogP contribution in [0, 0.1) is 5.41 Å². The van der Waals surface area contributed by atoms with Crippen molar-refractivity contribution in [3.63, 3.8) is 0 Å². The van der Waals surface area contributed by atoms with Gasteiger partial charge in [0.15, 0.2) is 0 Å². The van der Waals surface area contributed by atoms with E-state index < -0.39 is 6.04 Å². The predicted octanol–water partition coefficient (Wildman–Crippen LogP) is 0.373. The molecule has 0 saturated heterocycles. The molecule has 16 heavy (non-hydrogen) atoms. The number of aromatic nitrogens is 2. The molecule has 3 N–H and O–H groups in total. The summed E-state index contributed by atoms with van der Waals surface area (Å²) < 4.78 is 1.77. The first-order valence-electron chi connectivity index (χ1n) is 5.42. The van der Waals surface area contributed by atoms with Crippen LogP contribution in [0.4, 0.5) is 0 Å². The molecule has 1 amide bonds. The van der Waals surface area contributed by atoms with Crippen LogP contribution >= 0.6 is 0 Å². The summed E-state index contributed by atoms with van der Waals surface area (Å²) in [5.74, 6) is -0.111. The number of hydrogen-bond donors (Lipinski definition) is 2. The fourth-order valence-electron chi connectivity index (χ4n) is 1.23. The van der Waals surface area contributed by atoms with Crippen LogP contribution in [0.3, 0.4) is 0 Å².